The topological polar surface area (TPSA) is 90.0 Å². The van der Waals surface area contributed by atoms with E-state index in [-0.39, 0.29) is 18.1 Å². The van der Waals surface area contributed by atoms with Gasteiger partial charge in [-0.25, -0.2) is 18.9 Å². The van der Waals surface area contributed by atoms with E-state index >= 15 is 0 Å². The van der Waals surface area contributed by atoms with Crippen molar-refractivity contribution >= 4 is 23.4 Å². The average molecular weight is 454 g/mol. The summed E-state index contributed by atoms with van der Waals surface area (Å²) < 4.78 is 17.4. The molecule has 0 aliphatic rings. The van der Waals surface area contributed by atoms with Crippen LogP contribution in [-0.4, -0.2) is 41.3 Å². The number of amides is 1. The first kappa shape index (κ1) is 21.9. The molecule has 1 atom stereocenters. The fraction of sp³-hybridized carbons (Fsp3) is 0.318. The lowest BCUT2D eigenvalue weighted by molar-refractivity contribution is -0.121. The zero-order valence-electron chi connectivity index (χ0n) is 18.3. The number of carbonyl (C=O) groups excluding carboxylic acids is 1. The van der Waals surface area contributed by atoms with Crippen LogP contribution in [-0.2, 0) is 18.3 Å². The number of halogens is 1. The Kier molecular flexibility index (Phi) is 6.22. The van der Waals surface area contributed by atoms with E-state index in [9.17, 15) is 9.18 Å². The second kappa shape index (κ2) is 9.07. The number of rotatable bonds is 7. The fourth-order valence-corrected chi connectivity index (χ4v) is 4.08. The van der Waals surface area contributed by atoms with Gasteiger partial charge in [0.05, 0.1) is 0 Å². The van der Waals surface area contributed by atoms with Gasteiger partial charge in [0.15, 0.2) is 0 Å². The molecule has 0 unspecified atom stereocenters. The Morgan fingerprint density at radius 1 is 1.28 bits per heavy atom. The molecule has 8 nitrogen and oxygen atoms in total. The van der Waals surface area contributed by atoms with E-state index in [1.807, 2.05) is 31.7 Å². The Morgan fingerprint density at radius 3 is 2.78 bits per heavy atom. The molecule has 4 rings (SSSR count). The second-order valence-electron chi connectivity index (χ2n) is 7.52. The van der Waals surface area contributed by atoms with E-state index in [0.717, 1.165) is 17.0 Å². The van der Waals surface area contributed by atoms with E-state index < -0.39 is 6.04 Å². The SMILES string of the molecule is CSc1nc2nc(C)c(CCC(=O)N[C@@H](c3cccc(F)c3)c3nccn3C)c(C)n2n1. The van der Waals surface area contributed by atoms with Crippen LogP contribution in [0.5, 0.6) is 0 Å². The summed E-state index contributed by atoms with van der Waals surface area (Å²) >= 11 is 1.46. The molecule has 3 aromatic heterocycles. The summed E-state index contributed by atoms with van der Waals surface area (Å²) in [5, 5.41) is 8.13. The minimum Gasteiger partial charge on any atom is -0.342 e. The summed E-state index contributed by atoms with van der Waals surface area (Å²) in [6.07, 6.45) is 6.11. The van der Waals surface area contributed by atoms with E-state index in [1.165, 1.54) is 23.9 Å². The molecule has 3 heterocycles. The van der Waals surface area contributed by atoms with E-state index in [2.05, 4.69) is 25.4 Å². The molecule has 0 saturated carbocycles. The Hall–Kier alpha value is -3.27. The van der Waals surface area contributed by atoms with Crippen LogP contribution < -0.4 is 5.32 Å². The van der Waals surface area contributed by atoms with Gasteiger partial charge in [0.1, 0.15) is 17.7 Å². The van der Waals surface area contributed by atoms with Gasteiger partial charge in [-0.2, -0.15) is 4.98 Å². The van der Waals surface area contributed by atoms with Crippen LogP contribution in [0.25, 0.3) is 5.78 Å². The smallest absolute Gasteiger partial charge is 0.253 e. The molecule has 10 heteroatoms. The van der Waals surface area contributed by atoms with Crippen molar-refractivity contribution in [3.05, 3.63) is 70.8 Å². The van der Waals surface area contributed by atoms with Crippen molar-refractivity contribution in [1.29, 1.82) is 0 Å². The number of nitrogens with zero attached hydrogens (tertiary/aromatic N) is 6. The lowest BCUT2D eigenvalue weighted by Crippen LogP contribution is -2.31. The zero-order valence-corrected chi connectivity index (χ0v) is 19.1. The molecule has 1 N–H and O–H groups in total. The number of carbonyl (C=O) groups is 1. The van der Waals surface area contributed by atoms with Crippen molar-refractivity contribution in [3.63, 3.8) is 0 Å². The molecular formula is C22H24FN7OS. The minimum atomic E-state index is -0.555. The van der Waals surface area contributed by atoms with Gasteiger partial charge in [-0.15, -0.1) is 5.10 Å². The molecule has 4 aromatic rings. The van der Waals surface area contributed by atoms with Crippen molar-refractivity contribution < 1.29 is 9.18 Å². The maximum Gasteiger partial charge on any atom is 0.253 e. The van der Waals surface area contributed by atoms with Crippen LogP contribution in [0, 0.1) is 19.7 Å². The number of thioether (sulfide) groups is 1. The molecular weight excluding hydrogens is 429 g/mol. The number of benzene rings is 1. The van der Waals surface area contributed by atoms with E-state index in [4.69, 9.17) is 0 Å². The minimum absolute atomic E-state index is 0.162. The van der Waals surface area contributed by atoms with Crippen LogP contribution in [0.2, 0.25) is 0 Å². The van der Waals surface area contributed by atoms with Crippen molar-refractivity contribution in [2.45, 2.75) is 37.9 Å². The van der Waals surface area contributed by atoms with Gasteiger partial charge in [-0.05, 0) is 49.8 Å². The van der Waals surface area contributed by atoms with Crippen molar-refractivity contribution in [1.82, 2.24) is 34.4 Å². The van der Waals surface area contributed by atoms with Gasteiger partial charge < -0.3 is 9.88 Å². The number of aryl methyl sites for hydroxylation is 3. The molecule has 0 spiro atoms. The molecule has 0 aliphatic carbocycles. The van der Waals surface area contributed by atoms with Crippen LogP contribution in [0.1, 0.15) is 40.8 Å². The third-order valence-electron chi connectivity index (χ3n) is 5.42. The summed E-state index contributed by atoms with van der Waals surface area (Å²) in [4.78, 5) is 26.2. The molecule has 1 amide bonds. The number of hydrogen-bond acceptors (Lipinski definition) is 6. The lowest BCUT2D eigenvalue weighted by Gasteiger charge is -2.19. The van der Waals surface area contributed by atoms with E-state index in [1.54, 1.807) is 29.0 Å². The predicted molar refractivity (Wildman–Crippen MR) is 120 cm³/mol. The average Bonchev–Trinajstić information content (AvgIpc) is 3.37. The van der Waals surface area contributed by atoms with Gasteiger partial charge in [-0.3, -0.25) is 4.79 Å². The van der Waals surface area contributed by atoms with E-state index in [0.29, 0.717) is 28.7 Å². The maximum atomic E-state index is 13.9. The molecule has 0 radical (unpaired) electrons. The molecule has 32 heavy (non-hydrogen) atoms. The number of fused-ring (bicyclic) bond motifs is 1. The first-order valence-electron chi connectivity index (χ1n) is 10.2. The number of imidazole rings is 1. The first-order valence-corrected chi connectivity index (χ1v) is 11.4. The summed E-state index contributed by atoms with van der Waals surface area (Å²) in [6.45, 7) is 3.87. The Labute approximate surface area is 189 Å². The third kappa shape index (κ3) is 4.36. The predicted octanol–water partition coefficient (Wildman–Crippen LogP) is 3.17. The maximum absolute atomic E-state index is 13.9. The molecule has 0 aliphatic heterocycles. The highest BCUT2D eigenvalue weighted by molar-refractivity contribution is 7.98. The Bertz CT molecular complexity index is 1280. The summed E-state index contributed by atoms with van der Waals surface area (Å²) in [6, 6.07) is 5.65. The lowest BCUT2D eigenvalue weighted by atomic mass is 10.0. The van der Waals surface area contributed by atoms with Crippen LogP contribution >= 0.6 is 11.8 Å². The second-order valence-corrected chi connectivity index (χ2v) is 8.30. The molecule has 0 fully saturated rings. The quantitative estimate of drug-likeness (QED) is 0.432. The highest BCUT2D eigenvalue weighted by Gasteiger charge is 2.22. The standard InChI is InChI=1S/C22H24FN7OS/c1-13-17(14(2)30-21(25-13)27-22(28-30)32-4)8-9-18(31)26-19(20-24-10-11-29(20)3)15-6-5-7-16(23)12-15/h5-7,10-12,19H,8-9H2,1-4H3,(H,26,31)/t19-/m0/s1. The van der Waals surface area contributed by atoms with Gasteiger partial charge in [0.2, 0.25) is 11.1 Å². The monoisotopic (exact) mass is 453 g/mol. The van der Waals surface area contributed by atoms with Gasteiger partial charge in [-0.1, -0.05) is 23.9 Å². The fourth-order valence-electron chi connectivity index (χ4n) is 3.75. The number of hydrogen-bond donors (Lipinski definition) is 1. The molecule has 1 aromatic carbocycles. The third-order valence-corrected chi connectivity index (χ3v) is 5.96. The van der Waals surface area contributed by atoms with Crippen LogP contribution in [0.3, 0.4) is 0 Å². The number of aromatic nitrogens is 6. The van der Waals surface area contributed by atoms with Crippen molar-refractivity contribution in [3.8, 4) is 0 Å². The summed E-state index contributed by atoms with van der Waals surface area (Å²) in [5.74, 6) is 0.661. The van der Waals surface area contributed by atoms with Crippen molar-refractivity contribution in [2.75, 3.05) is 6.26 Å². The summed E-state index contributed by atoms with van der Waals surface area (Å²) in [7, 11) is 1.84. The highest BCUT2D eigenvalue weighted by Crippen LogP contribution is 2.22. The number of nitrogens with one attached hydrogen (secondary N) is 1. The van der Waals surface area contributed by atoms with Gasteiger partial charge in [0, 0.05) is 37.3 Å². The highest BCUT2D eigenvalue weighted by atomic mass is 32.2. The molecule has 166 valence electrons. The van der Waals surface area contributed by atoms with Crippen LogP contribution in [0.15, 0.2) is 41.8 Å². The van der Waals surface area contributed by atoms with Gasteiger partial charge >= 0.3 is 0 Å². The zero-order chi connectivity index (χ0) is 22.8. The first-order chi connectivity index (χ1) is 15.4. The summed E-state index contributed by atoms with van der Waals surface area (Å²) in [5.41, 5.74) is 3.34. The van der Waals surface area contributed by atoms with Gasteiger partial charge in [0.25, 0.3) is 5.78 Å². The van der Waals surface area contributed by atoms with Crippen LogP contribution in [0.4, 0.5) is 4.39 Å². The molecule has 0 bridgehead atoms. The van der Waals surface area contributed by atoms with Crippen molar-refractivity contribution in [2.24, 2.45) is 7.05 Å². The largest absolute Gasteiger partial charge is 0.342 e. The Morgan fingerprint density at radius 2 is 2.09 bits per heavy atom. The normalized spacial score (nSPS) is 12.3. The molecule has 0 saturated heterocycles. The Balaban J connectivity index is 1.55.